The fourth-order valence-electron chi connectivity index (χ4n) is 3.62. The minimum atomic E-state index is -3.57. The summed E-state index contributed by atoms with van der Waals surface area (Å²) in [6, 6.07) is 5.33. The molecule has 0 amide bonds. The van der Waals surface area contributed by atoms with E-state index in [0.717, 1.165) is 28.4 Å². The molecule has 0 atom stereocenters. The number of aryl methyl sites for hydroxylation is 3. The first kappa shape index (κ1) is 22.3. The molecule has 1 saturated heterocycles. The van der Waals surface area contributed by atoms with Crippen LogP contribution < -0.4 is 14.5 Å². The van der Waals surface area contributed by atoms with Gasteiger partial charge in [-0.25, -0.2) is 13.4 Å². The molecule has 9 heteroatoms. The molecule has 2 heterocycles. The Hall–Kier alpha value is -2.39. The number of hydrogen-bond donors (Lipinski definition) is 0. The van der Waals surface area contributed by atoms with Gasteiger partial charge in [-0.3, -0.25) is 0 Å². The van der Waals surface area contributed by atoms with Crippen LogP contribution >= 0.6 is 0 Å². The van der Waals surface area contributed by atoms with E-state index in [9.17, 15) is 8.42 Å². The van der Waals surface area contributed by atoms with E-state index in [1.54, 1.807) is 16.4 Å². The summed E-state index contributed by atoms with van der Waals surface area (Å²) in [4.78, 5) is 13.5. The van der Waals surface area contributed by atoms with E-state index in [0.29, 0.717) is 43.6 Å². The number of sulfonamides is 1. The second-order valence-electron chi connectivity index (χ2n) is 7.77. The molecule has 0 bridgehead atoms. The molecular weight excluding hydrogens is 402 g/mol. The lowest BCUT2D eigenvalue weighted by atomic mass is 10.1. The molecular formula is C21H31N5O3S. The largest absolute Gasteiger partial charge is 0.493 e. The normalized spacial score (nSPS) is 15.3. The van der Waals surface area contributed by atoms with Gasteiger partial charge in [-0.2, -0.15) is 9.29 Å². The van der Waals surface area contributed by atoms with Gasteiger partial charge in [0.2, 0.25) is 16.0 Å². The molecule has 0 N–H and O–H groups in total. The molecule has 0 saturated carbocycles. The topological polar surface area (TPSA) is 78.9 Å². The highest BCUT2D eigenvalue weighted by Gasteiger charge is 2.30. The Labute approximate surface area is 179 Å². The van der Waals surface area contributed by atoms with Crippen molar-refractivity contribution in [3.63, 3.8) is 0 Å². The average molecular weight is 434 g/mol. The molecule has 1 fully saturated rings. The fourth-order valence-corrected chi connectivity index (χ4v) is 5.21. The van der Waals surface area contributed by atoms with Crippen LogP contribution in [0.25, 0.3) is 0 Å². The average Bonchev–Trinajstić information content (AvgIpc) is 2.70. The zero-order valence-electron chi connectivity index (χ0n) is 18.6. The number of anilines is 2. The third-order valence-corrected chi connectivity index (χ3v) is 7.05. The number of nitrogens with zero attached hydrogens (tertiary/aromatic N) is 5. The van der Waals surface area contributed by atoms with Crippen LogP contribution in [-0.4, -0.2) is 69.6 Å². The Balaban J connectivity index is 1.78. The van der Waals surface area contributed by atoms with E-state index < -0.39 is 10.0 Å². The molecule has 164 valence electrons. The van der Waals surface area contributed by atoms with Crippen molar-refractivity contribution in [3.05, 3.63) is 35.0 Å². The second kappa shape index (κ2) is 8.77. The van der Waals surface area contributed by atoms with Gasteiger partial charge in [0.05, 0.1) is 11.5 Å². The maximum atomic E-state index is 13.2. The van der Waals surface area contributed by atoms with Crippen molar-refractivity contribution in [1.29, 1.82) is 0 Å². The summed E-state index contributed by atoms with van der Waals surface area (Å²) in [5.74, 6) is 2.24. The van der Waals surface area contributed by atoms with Gasteiger partial charge >= 0.3 is 0 Å². The molecule has 1 aliphatic rings. The van der Waals surface area contributed by atoms with Gasteiger partial charge in [-0.1, -0.05) is 0 Å². The highest BCUT2D eigenvalue weighted by atomic mass is 32.2. The Morgan fingerprint density at radius 1 is 1.00 bits per heavy atom. The van der Waals surface area contributed by atoms with Crippen LogP contribution in [0.3, 0.4) is 0 Å². The molecule has 1 aliphatic heterocycles. The minimum absolute atomic E-state index is 0.316. The zero-order valence-corrected chi connectivity index (χ0v) is 19.5. The summed E-state index contributed by atoms with van der Waals surface area (Å²) in [7, 11) is 0.311. The van der Waals surface area contributed by atoms with Crippen molar-refractivity contribution in [2.24, 2.45) is 0 Å². The third kappa shape index (κ3) is 4.52. The van der Waals surface area contributed by atoms with Gasteiger partial charge in [-0.05, 0) is 51.0 Å². The van der Waals surface area contributed by atoms with Gasteiger partial charge in [-0.15, -0.1) is 0 Å². The Morgan fingerprint density at radius 2 is 1.60 bits per heavy atom. The first-order chi connectivity index (χ1) is 14.1. The smallest absolute Gasteiger partial charge is 0.243 e. The maximum absolute atomic E-state index is 13.2. The van der Waals surface area contributed by atoms with Crippen LogP contribution in [-0.2, 0) is 10.0 Å². The lowest BCUT2D eigenvalue weighted by Crippen LogP contribution is -2.49. The van der Waals surface area contributed by atoms with Gasteiger partial charge in [0, 0.05) is 52.0 Å². The molecule has 1 aromatic heterocycles. The van der Waals surface area contributed by atoms with Crippen molar-refractivity contribution in [1.82, 2.24) is 14.3 Å². The van der Waals surface area contributed by atoms with Gasteiger partial charge in [0.1, 0.15) is 11.6 Å². The molecule has 8 nitrogen and oxygen atoms in total. The van der Waals surface area contributed by atoms with E-state index in [1.807, 2.05) is 57.7 Å². The molecule has 0 unspecified atom stereocenters. The molecule has 0 spiro atoms. The van der Waals surface area contributed by atoms with Crippen molar-refractivity contribution < 1.29 is 13.2 Å². The molecule has 0 aliphatic carbocycles. The number of rotatable bonds is 6. The number of hydrogen-bond acceptors (Lipinski definition) is 7. The van der Waals surface area contributed by atoms with Crippen LogP contribution in [0.2, 0.25) is 0 Å². The van der Waals surface area contributed by atoms with Gasteiger partial charge in [0.15, 0.2) is 0 Å². The summed E-state index contributed by atoms with van der Waals surface area (Å²) < 4.78 is 33.7. The number of benzene rings is 1. The van der Waals surface area contributed by atoms with Gasteiger partial charge in [0.25, 0.3) is 0 Å². The predicted octanol–water partition coefficient (Wildman–Crippen LogP) is 2.38. The first-order valence-electron chi connectivity index (χ1n) is 10.2. The SMILES string of the molecule is CCOc1c(C)cc(S(=O)(=O)N2CCN(c3nc(C)cc(N(C)C)n3)CC2)cc1C. The Bertz CT molecular complexity index is 992. The fraction of sp³-hybridized carbons (Fsp3) is 0.524. The number of aromatic nitrogens is 2. The highest BCUT2D eigenvalue weighted by molar-refractivity contribution is 7.89. The van der Waals surface area contributed by atoms with E-state index in [2.05, 4.69) is 9.97 Å². The van der Waals surface area contributed by atoms with Crippen molar-refractivity contribution in [2.75, 3.05) is 56.7 Å². The monoisotopic (exact) mass is 433 g/mol. The Kier molecular flexibility index (Phi) is 6.52. The highest BCUT2D eigenvalue weighted by Crippen LogP contribution is 2.29. The summed E-state index contributed by atoms with van der Waals surface area (Å²) in [5, 5.41) is 0. The molecule has 0 radical (unpaired) electrons. The third-order valence-electron chi connectivity index (χ3n) is 5.17. The zero-order chi connectivity index (χ0) is 22.1. The first-order valence-corrected chi connectivity index (χ1v) is 11.6. The van der Waals surface area contributed by atoms with Crippen molar-refractivity contribution in [2.45, 2.75) is 32.6 Å². The summed E-state index contributed by atoms with van der Waals surface area (Å²) >= 11 is 0. The molecule has 3 rings (SSSR count). The minimum Gasteiger partial charge on any atom is -0.493 e. The van der Waals surface area contributed by atoms with Crippen LogP contribution in [0.1, 0.15) is 23.7 Å². The van der Waals surface area contributed by atoms with Crippen LogP contribution in [0.4, 0.5) is 11.8 Å². The van der Waals surface area contributed by atoms with Gasteiger partial charge < -0.3 is 14.5 Å². The lowest BCUT2D eigenvalue weighted by molar-refractivity contribution is 0.335. The second-order valence-corrected chi connectivity index (χ2v) is 9.71. The molecule has 2 aromatic rings. The summed E-state index contributed by atoms with van der Waals surface area (Å²) in [5.41, 5.74) is 2.55. The van der Waals surface area contributed by atoms with Crippen LogP contribution in [0.5, 0.6) is 5.75 Å². The quantitative estimate of drug-likeness (QED) is 0.692. The summed E-state index contributed by atoms with van der Waals surface area (Å²) in [6.45, 7) is 10.0. The van der Waals surface area contributed by atoms with Crippen molar-refractivity contribution >= 4 is 21.8 Å². The molecule has 30 heavy (non-hydrogen) atoms. The molecule has 1 aromatic carbocycles. The van der Waals surface area contributed by atoms with Crippen molar-refractivity contribution in [3.8, 4) is 5.75 Å². The number of ether oxygens (including phenoxy) is 1. The van der Waals surface area contributed by atoms with E-state index >= 15 is 0 Å². The predicted molar refractivity (Wildman–Crippen MR) is 119 cm³/mol. The van der Waals surface area contributed by atoms with E-state index in [1.165, 1.54) is 0 Å². The Morgan fingerprint density at radius 3 is 2.13 bits per heavy atom. The van der Waals surface area contributed by atoms with Crippen LogP contribution in [0.15, 0.2) is 23.1 Å². The summed E-state index contributed by atoms with van der Waals surface area (Å²) in [6.07, 6.45) is 0. The van der Waals surface area contributed by atoms with Crippen LogP contribution in [0, 0.1) is 20.8 Å². The van der Waals surface area contributed by atoms with E-state index in [-0.39, 0.29) is 0 Å². The van der Waals surface area contributed by atoms with E-state index in [4.69, 9.17) is 4.74 Å². The standard InChI is InChI=1S/C21H31N5O3S/c1-7-29-20-15(2)12-18(13-16(20)3)30(27,28)26-10-8-25(9-11-26)21-22-17(4)14-19(23-21)24(5)6/h12-14H,7-11H2,1-6H3. The maximum Gasteiger partial charge on any atom is 0.243 e. The number of piperazine rings is 1. The lowest BCUT2D eigenvalue weighted by Gasteiger charge is -2.34.